The van der Waals surface area contributed by atoms with Crippen LogP contribution in [0.2, 0.25) is 0 Å². The summed E-state index contributed by atoms with van der Waals surface area (Å²) >= 11 is 1.30. The molecule has 9 heteroatoms. The minimum atomic E-state index is -0.689. The molecule has 0 fully saturated rings. The van der Waals surface area contributed by atoms with Crippen molar-refractivity contribution in [1.29, 1.82) is 0 Å². The quantitative estimate of drug-likeness (QED) is 0.600. The molecule has 1 aromatic carbocycles. The third-order valence-electron chi connectivity index (χ3n) is 3.63. The Hall–Kier alpha value is -3.22. The minimum Gasteiger partial charge on any atom is -0.493 e. The van der Waals surface area contributed by atoms with Gasteiger partial charge in [0.1, 0.15) is 11.9 Å². The molecule has 4 rings (SSSR count). The molecule has 28 heavy (non-hydrogen) atoms. The largest absolute Gasteiger partial charge is 0.493 e. The number of carbonyl (C=O) groups excluding carboxylic acids is 1. The van der Waals surface area contributed by atoms with Gasteiger partial charge in [0.05, 0.1) is 12.3 Å². The van der Waals surface area contributed by atoms with E-state index in [2.05, 4.69) is 31.5 Å². The Bertz CT molecular complexity index is 1030. The van der Waals surface area contributed by atoms with Crippen LogP contribution in [0.1, 0.15) is 33.1 Å². The normalized spacial score (nSPS) is 12.7. The highest BCUT2D eigenvalue weighted by Crippen LogP contribution is 2.37. The molecule has 1 aliphatic heterocycles. The molecule has 0 aliphatic carbocycles. The Morgan fingerprint density at radius 1 is 1.43 bits per heavy atom. The summed E-state index contributed by atoms with van der Waals surface area (Å²) < 4.78 is 10.2. The first-order chi connectivity index (χ1) is 13.4. The summed E-state index contributed by atoms with van der Waals surface area (Å²) in [6, 6.07) is 5.53. The van der Waals surface area contributed by atoms with E-state index in [-0.39, 0.29) is 0 Å². The molecule has 0 spiro atoms. The molecular formula is C19H18N4O4S. The Morgan fingerprint density at radius 3 is 2.86 bits per heavy atom. The molecule has 8 nitrogen and oxygen atoms in total. The maximum Gasteiger partial charge on any atom is 0.277 e. The van der Waals surface area contributed by atoms with Gasteiger partial charge in [0.15, 0.2) is 11.3 Å². The number of aromatic nitrogens is 3. The number of hydrogen-bond donors (Lipinski definition) is 2. The summed E-state index contributed by atoms with van der Waals surface area (Å²) in [5, 5.41) is 12.9. The molecule has 3 aromatic rings. The molecule has 1 atom stereocenters. The van der Waals surface area contributed by atoms with E-state index >= 15 is 0 Å². The third kappa shape index (κ3) is 4.73. The van der Waals surface area contributed by atoms with Crippen molar-refractivity contribution in [1.82, 2.24) is 15.1 Å². The zero-order chi connectivity index (χ0) is 20.1. The van der Waals surface area contributed by atoms with Gasteiger partial charge in [0.25, 0.3) is 5.91 Å². The molecule has 0 saturated carbocycles. The molecule has 3 N–H and O–H groups in total. The van der Waals surface area contributed by atoms with Gasteiger partial charge in [-0.05, 0) is 25.1 Å². The fourth-order valence-electron chi connectivity index (χ4n) is 2.43. The predicted octanol–water partition coefficient (Wildman–Crippen LogP) is 1.95. The molecule has 144 valence electrons. The van der Waals surface area contributed by atoms with Crippen LogP contribution < -0.4 is 10.5 Å². The number of amides is 1. The van der Waals surface area contributed by atoms with E-state index in [1.54, 1.807) is 13.8 Å². The van der Waals surface area contributed by atoms with Crippen molar-refractivity contribution in [3.05, 3.63) is 45.9 Å². The number of primary amides is 1. The number of hydrogen-bond acceptors (Lipinski definition) is 8. The Balaban J connectivity index is 0.000000320. The summed E-state index contributed by atoms with van der Waals surface area (Å²) in [5.41, 5.74) is 7.61. The van der Waals surface area contributed by atoms with Gasteiger partial charge in [-0.15, -0.1) is 11.3 Å². The van der Waals surface area contributed by atoms with Crippen LogP contribution in [0.15, 0.2) is 29.0 Å². The molecule has 0 bridgehead atoms. The van der Waals surface area contributed by atoms with Gasteiger partial charge in [-0.1, -0.05) is 17.0 Å². The SMILES string of the molecule is CC(O)C#Cc1ccc2c(c1)-c1nc(C(N)=O)sc1CCO2.Cc1ncno1. The maximum atomic E-state index is 11.3. The fraction of sp³-hybridized carbons (Fsp3) is 0.263. The number of fused-ring (bicyclic) bond motifs is 3. The van der Waals surface area contributed by atoms with Crippen molar-refractivity contribution >= 4 is 17.2 Å². The van der Waals surface area contributed by atoms with Crippen LogP contribution in [0, 0.1) is 18.8 Å². The topological polar surface area (TPSA) is 124 Å². The van der Waals surface area contributed by atoms with Crippen molar-refractivity contribution in [2.45, 2.75) is 26.4 Å². The zero-order valence-corrected chi connectivity index (χ0v) is 16.1. The van der Waals surface area contributed by atoms with E-state index in [0.29, 0.717) is 29.7 Å². The summed E-state index contributed by atoms with van der Waals surface area (Å²) in [7, 11) is 0. The van der Waals surface area contributed by atoms with Gasteiger partial charge in [0.2, 0.25) is 5.89 Å². The molecule has 1 aliphatic rings. The molecule has 0 radical (unpaired) electrons. The summed E-state index contributed by atoms with van der Waals surface area (Å²) in [6.45, 7) is 3.88. The van der Waals surface area contributed by atoms with E-state index in [4.69, 9.17) is 10.5 Å². The summed E-state index contributed by atoms with van der Waals surface area (Å²) in [5.74, 6) is 6.40. The van der Waals surface area contributed by atoms with Crippen molar-refractivity contribution in [2.75, 3.05) is 6.61 Å². The summed E-state index contributed by atoms with van der Waals surface area (Å²) in [6.07, 6.45) is 1.37. The second-order valence-corrected chi connectivity index (χ2v) is 6.95. The number of aliphatic hydroxyl groups excluding tert-OH is 1. The number of aliphatic hydroxyl groups is 1. The van der Waals surface area contributed by atoms with Gasteiger partial charge in [-0.3, -0.25) is 4.79 Å². The van der Waals surface area contributed by atoms with Gasteiger partial charge < -0.3 is 20.1 Å². The van der Waals surface area contributed by atoms with Crippen LogP contribution in [0.5, 0.6) is 5.75 Å². The van der Waals surface area contributed by atoms with Crippen LogP contribution >= 0.6 is 11.3 Å². The van der Waals surface area contributed by atoms with Crippen molar-refractivity contribution in [3.8, 4) is 28.8 Å². The number of nitrogens with two attached hydrogens (primary N) is 1. The first kappa shape index (κ1) is 19.5. The molecule has 3 heterocycles. The molecular weight excluding hydrogens is 380 g/mol. The van der Waals surface area contributed by atoms with Crippen LogP contribution in [0.4, 0.5) is 0 Å². The lowest BCUT2D eigenvalue weighted by Crippen LogP contribution is -2.10. The van der Waals surface area contributed by atoms with Crippen molar-refractivity contribution in [3.63, 3.8) is 0 Å². The highest BCUT2D eigenvalue weighted by Gasteiger charge is 2.22. The van der Waals surface area contributed by atoms with E-state index in [1.165, 1.54) is 17.7 Å². The van der Waals surface area contributed by atoms with E-state index in [1.807, 2.05) is 18.2 Å². The lowest BCUT2D eigenvalue weighted by atomic mass is 10.1. The van der Waals surface area contributed by atoms with E-state index in [9.17, 15) is 9.90 Å². The number of rotatable bonds is 1. The van der Waals surface area contributed by atoms with Crippen LogP contribution in [0.25, 0.3) is 11.3 Å². The van der Waals surface area contributed by atoms with Crippen LogP contribution in [-0.2, 0) is 6.42 Å². The zero-order valence-electron chi connectivity index (χ0n) is 15.3. The van der Waals surface area contributed by atoms with Gasteiger partial charge in [-0.2, -0.15) is 4.98 Å². The Labute approximate surface area is 165 Å². The van der Waals surface area contributed by atoms with Gasteiger partial charge in [-0.25, -0.2) is 4.98 Å². The standard InChI is InChI=1S/C16H14N2O3S.C3H4N2O/c1-9(19)2-3-10-4-5-12-11(8-10)14-13(6-7-21-12)22-16(18-14)15(17)20;1-3-4-2-5-6-3/h4-5,8-9,19H,6-7H2,1H3,(H2,17,20);2H,1H3. The molecule has 1 amide bonds. The molecule has 0 saturated heterocycles. The highest BCUT2D eigenvalue weighted by atomic mass is 32.1. The van der Waals surface area contributed by atoms with Gasteiger partial charge in [0, 0.05) is 29.3 Å². The fourth-order valence-corrected chi connectivity index (χ4v) is 3.33. The van der Waals surface area contributed by atoms with Crippen LogP contribution in [0.3, 0.4) is 0 Å². The van der Waals surface area contributed by atoms with E-state index < -0.39 is 12.0 Å². The lowest BCUT2D eigenvalue weighted by molar-refractivity contribution is 0.1000. The minimum absolute atomic E-state index is 0.304. The first-order valence-electron chi connectivity index (χ1n) is 8.43. The Kier molecular flexibility index (Phi) is 6.03. The van der Waals surface area contributed by atoms with Crippen molar-refractivity contribution in [2.24, 2.45) is 5.73 Å². The predicted molar refractivity (Wildman–Crippen MR) is 103 cm³/mol. The molecule has 1 unspecified atom stereocenters. The van der Waals surface area contributed by atoms with Crippen molar-refractivity contribution < 1.29 is 19.2 Å². The average Bonchev–Trinajstić information content (AvgIpc) is 3.27. The highest BCUT2D eigenvalue weighted by molar-refractivity contribution is 7.14. The number of aryl methyl sites for hydroxylation is 1. The monoisotopic (exact) mass is 398 g/mol. The second kappa shape index (κ2) is 8.65. The molecule has 2 aromatic heterocycles. The third-order valence-corrected chi connectivity index (χ3v) is 4.76. The number of thiazole rings is 1. The maximum absolute atomic E-state index is 11.3. The Morgan fingerprint density at radius 2 is 2.25 bits per heavy atom. The second-order valence-electron chi connectivity index (χ2n) is 5.87. The number of benzene rings is 1. The number of nitrogens with zero attached hydrogens (tertiary/aromatic N) is 3. The number of ether oxygens (including phenoxy) is 1. The first-order valence-corrected chi connectivity index (χ1v) is 9.25. The smallest absolute Gasteiger partial charge is 0.277 e. The van der Waals surface area contributed by atoms with E-state index in [0.717, 1.165) is 21.7 Å². The van der Waals surface area contributed by atoms with Gasteiger partial charge >= 0.3 is 0 Å². The number of carbonyl (C=O) groups is 1. The summed E-state index contributed by atoms with van der Waals surface area (Å²) in [4.78, 5) is 20.3. The van der Waals surface area contributed by atoms with Crippen LogP contribution in [-0.4, -0.2) is 38.8 Å². The lowest BCUT2D eigenvalue weighted by Gasteiger charge is -2.07. The average molecular weight is 398 g/mol.